The number of hydrogen-bond donors (Lipinski definition) is 1. The number of carbonyl (C=O) groups is 2. The molecule has 4 heteroatoms. The smallest absolute Gasteiger partial charge is 0.224 e. The largest absolute Gasteiger partial charge is 0.323 e. The SMILES string of the molecule is CCC(=O)NC(C=O)=Cc1ccccn1. The van der Waals surface area contributed by atoms with E-state index >= 15 is 0 Å². The molecule has 0 fully saturated rings. The zero-order valence-corrected chi connectivity index (χ0v) is 8.43. The number of nitrogens with one attached hydrogen (secondary N) is 1. The van der Waals surface area contributed by atoms with E-state index in [4.69, 9.17) is 0 Å². The summed E-state index contributed by atoms with van der Waals surface area (Å²) in [5.74, 6) is -0.190. The van der Waals surface area contributed by atoms with Crippen molar-refractivity contribution in [2.24, 2.45) is 0 Å². The normalized spacial score (nSPS) is 10.9. The molecule has 0 aliphatic carbocycles. The molecule has 1 rings (SSSR count). The van der Waals surface area contributed by atoms with Crippen molar-refractivity contribution >= 4 is 18.3 Å². The summed E-state index contributed by atoms with van der Waals surface area (Å²) in [6.07, 6.45) is 4.09. The lowest BCUT2D eigenvalue weighted by molar-refractivity contribution is -0.121. The first-order valence-corrected chi connectivity index (χ1v) is 4.64. The average molecular weight is 204 g/mol. The third kappa shape index (κ3) is 3.72. The van der Waals surface area contributed by atoms with Gasteiger partial charge in [0.2, 0.25) is 5.91 Å². The number of aromatic nitrogens is 1. The molecule has 1 amide bonds. The van der Waals surface area contributed by atoms with Crippen LogP contribution in [-0.4, -0.2) is 17.2 Å². The highest BCUT2D eigenvalue weighted by molar-refractivity contribution is 5.89. The van der Waals surface area contributed by atoms with Crippen molar-refractivity contribution in [3.8, 4) is 0 Å². The number of allylic oxidation sites excluding steroid dienone is 1. The number of hydrogen-bond acceptors (Lipinski definition) is 3. The Bertz CT molecular complexity index is 371. The van der Waals surface area contributed by atoms with Crippen LogP contribution in [-0.2, 0) is 9.59 Å². The molecule has 15 heavy (non-hydrogen) atoms. The molecule has 0 aliphatic heterocycles. The molecule has 0 atom stereocenters. The lowest BCUT2D eigenvalue weighted by Gasteiger charge is -2.01. The van der Waals surface area contributed by atoms with Gasteiger partial charge in [-0.05, 0) is 18.2 Å². The summed E-state index contributed by atoms with van der Waals surface area (Å²) in [4.78, 5) is 25.7. The van der Waals surface area contributed by atoms with Crippen LogP contribution in [0, 0.1) is 0 Å². The first-order chi connectivity index (χ1) is 7.26. The van der Waals surface area contributed by atoms with Crippen LogP contribution in [0.1, 0.15) is 19.0 Å². The Labute approximate surface area is 88.0 Å². The van der Waals surface area contributed by atoms with Crippen LogP contribution in [0.4, 0.5) is 0 Å². The number of rotatable bonds is 4. The first kappa shape index (κ1) is 11.1. The van der Waals surface area contributed by atoms with Crippen molar-refractivity contribution in [1.29, 1.82) is 0 Å². The third-order valence-corrected chi connectivity index (χ3v) is 1.72. The lowest BCUT2D eigenvalue weighted by Crippen LogP contribution is -2.22. The number of aldehydes is 1. The van der Waals surface area contributed by atoms with Gasteiger partial charge in [0.05, 0.1) is 11.4 Å². The van der Waals surface area contributed by atoms with Gasteiger partial charge in [-0.2, -0.15) is 0 Å². The fourth-order valence-corrected chi connectivity index (χ4v) is 0.970. The molecule has 1 N–H and O–H groups in total. The van der Waals surface area contributed by atoms with Gasteiger partial charge < -0.3 is 5.32 Å². The van der Waals surface area contributed by atoms with Gasteiger partial charge in [0.1, 0.15) is 0 Å². The van der Waals surface area contributed by atoms with E-state index in [9.17, 15) is 9.59 Å². The first-order valence-electron chi connectivity index (χ1n) is 4.64. The van der Waals surface area contributed by atoms with Gasteiger partial charge >= 0.3 is 0 Å². The molecule has 4 nitrogen and oxygen atoms in total. The van der Waals surface area contributed by atoms with Crippen molar-refractivity contribution in [2.75, 3.05) is 0 Å². The number of pyridine rings is 1. The fraction of sp³-hybridized carbons (Fsp3) is 0.182. The highest BCUT2D eigenvalue weighted by Gasteiger charge is 2.00. The Kier molecular flexibility index (Phi) is 4.22. The molecule has 78 valence electrons. The maximum atomic E-state index is 11.0. The van der Waals surface area contributed by atoms with Gasteiger partial charge in [0.25, 0.3) is 0 Å². The van der Waals surface area contributed by atoms with E-state index in [1.165, 1.54) is 6.08 Å². The molecule has 0 unspecified atom stereocenters. The van der Waals surface area contributed by atoms with Crippen molar-refractivity contribution in [2.45, 2.75) is 13.3 Å². The van der Waals surface area contributed by atoms with E-state index in [0.29, 0.717) is 18.4 Å². The monoisotopic (exact) mass is 204 g/mol. The van der Waals surface area contributed by atoms with E-state index in [0.717, 1.165) is 0 Å². The number of amides is 1. The summed E-state index contributed by atoms with van der Waals surface area (Å²) in [6.45, 7) is 1.72. The van der Waals surface area contributed by atoms with E-state index in [1.54, 1.807) is 25.3 Å². The molecule has 0 spiro atoms. The van der Waals surface area contributed by atoms with Gasteiger partial charge in [0.15, 0.2) is 6.29 Å². The maximum absolute atomic E-state index is 11.0. The Morgan fingerprint density at radius 1 is 1.53 bits per heavy atom. The van der Waals surface area contributed by atoms with E-state index < -0.39 is 0 Å². The molecule has 0 saturated heterocycles. The molecule has 0 saturated carbocycles. The molecular formula is C11H12N2O2. The van der Waals surface area contributed by atoms with Crippen LogP contribution in [0.2, 0.25) is 0 Å². The van der Waals surface area contributed by atoms with Gasteiger partial charge in [-0.3, -0.25) is 14.6 Å². The van der Waals surface area contributed by atoms with Crippen LogP contribution in [0.3, 0.4) is 0 Å². The van der Waals surface area contributed by atoms with Crippen molar-refractivity contribution in [3.63, 3.8) is 0 Å². The van der Waals surface area contributed by atoms with Crippen molar-refractivity contribution < 1.29 is 9.59 Å². The van der Waals surface area contributed by atoms with Crippen LogP contribution < -0.4 is 5.32 Å². The fourth-order valence-electron chi connectivity index (χ4n) is 0.970. The quantitative estimate of drug-likeness (QED) is 0.591. The summed E-state index contributed by atoms with van der Waals surface area (Å²) in [5, 5.41) is 2.48. The Balaban J connectivity index is 2.79. The second-order valence-corrected chi connectivity index (χ2v) is 2.87. The summed E-state index contributed by atoms with van der Waals surface area (Å²) in [6, 6.07) is 5.34. The minimum absolute atomic E-state index is 0.190. The molecule has 1 aromatic heterocycles. The lowest BCUT2D eigenvalue weighted by atomic mass is 10.3. The molecular weight excluding hydrogens is 192 g/mol. The summed E-state index contributed by atoms with van der Waals surface area (Å²) >= 11 is 0. The molecule has 0 radical (unpaired) electrons. The Morgan fingerprint density at radius 2 is 2.33 bits per heavy atom. The minimum Gasteiger partial charge on any atom is -0.323 e. The zero-order chi connectivity index (χ0) is 11.1. The van der Waals surface area contributed by atoms with Gasteiger partial charge in [-0.15, -0.1) is 0 Å². The van der Waals surface area contributed by atoms with Crippen molar-refractivity contribution in [1.82, 2.24) is 10.3 Å². The van der Waals surface area contributed by atoms with Gasteiger partial charge in [0, 0.05) is 12.6 Å². The molecule has 1 heterocycles. The summed E-state index contributed by atoms with van der Waals surface area (Å²) < 4.78 is 0. The predicted molar refractivity (Wildman–Crippen MR) is 56.7 cm³/mol. The van der Waals surface area contributed by atoms with Crippen LogP contribution in [0.5, 0.6) is 0 Å². The highest BCUT2D eigenvalue weighted by Crippen LogP contribution is 1.99. The van der Waals surface area contributed by atoms with E-state index in [1.807, 2.05) is 6.07 Å². The summed E-state index contributed by atoms with van der Waals surface area (Å²) in [7, 11) is 0. The van der Waals surface area contributed by atoms with Crippen LogP contribution in [0.25, 0.3) is 6.08 Å². The van der Waals surface area contributed by atoms with E-state index in [-0.39, 0.29) is 11.6 Å². The average Bonchev–Trinajstić information content (AvgIpc) is 2.29. The number of carbonyl (C=O) groups excluding carboxylic acids is 2. The van der Waals surface area contributed by atoms with E-state index in [2.05, 4.69) is 10.3 Å². The standard InChI is InChI=1S/C11H12N2O2/c1-2-11(15)13-10(8-14)7-9-5-3-4-6-12-9/h3-8H,2H2,1H3,(H,13,15). The second-order valence-electron chi connectivity index (χ2n) is 2.87. The third-order valence-electron chi connectivity index (χ3n) is 1.72. The zero-order valence-electron chi connectivity index (χ0n) is 8.43. The van der Waals surface area contributed by atoms with Gasteiger partial charge in [-0.25, -0.2) is 0 Å². The molecule has 1 aromatic rings. The Morgan fingerprint density at radius 3 is 2.87 bits per heavy atom. The van der Waals surface area contributed by atoms with Gasteiger partial charge in [-0.1, -0.05) is 13.0 Å². The van der Waals surface area contributed by atoms with Crippen molar-refractivity contribution in [3.05, 3.63) is 35.8 Å². The molecule has 0 aromatic carbocycles. The second kappa shape index (κ2) is 5.70. The highest BCUT2D eigenvalue weighted by atomic mass is 16.2. The minimum atomic E-state index is -0.190. The topological polar surface area (TPSA) is 59.1 Å². The number of nitrogens with zero attached hydrogens (tertiary/aromatic N) is 1. The van der Waals surface area contributed by atoms with Crippen LogP contribution in [0.15, 0.2) is 30.1 Å². The maximum Gasteiger partial charge on any atom is 0.224 e. The van der Waals surface area contributed by atoms with Crippen LogP contribution >= 0.6 is 0 Å². The predicted octanol–water partition coefficient (Wildman–Crippen LogP) is 1.15. The molecule has 0 bridgehead atoms. The molecule has 0 aliphatic rings. The Hall–Kier alpha value is -1.97. The summed E-state index contributed by atoms with van der Waals surface area (Å²) in [5.41, 5.74) is 0.858.